The number of nitrogens with zero attached hydrogens (tertiary/aromatic N) is 2. The van der Waals surface area contributed by atoms with Gasteiger partial charge in [-0.25, -0.2) is 17.6 Å². The molecule has 0 spiro atoms. The third-order valence-corrected chi connectivity index (χ3v) is 6.10. The summed E-state index contributed by atoms with van der Waals surface area (Å²) in [5, 5.41) is 12.2. The van der Waals surface area contributed by atoms with Crippen LogP contribution in [-0.4, -0.2) is 25.9 Å². The van der Waals surface area contributed by atoms with Crippen molar-refractivity contribution in [1.82, 2.24) is 0 Å². The second-order valence-corrected chi connectivity index (χ2v) is 7.82. The molecule has 8 nitrogen and oxygen atoms in total. The lowest BCUT2D eigenvalue weighted by Gasteiger charge is -2.17. The minimum Gasteiger partial charge on any atom is -0.418 e. The number of esters is 1. The topological polar surface area (TPSA) is 107 Å². The second-order valence-electron chi connectivity index (χ2n) is 5.99. The molecule has 0 aliphatic carbocycles. The van der Waals surface area contributed by atoms with Crippen molar-refractivity contribution in [1.29, 1.82) is 0 Å². The summed E-state index contributed by atoms with van der Waals surface area (Å²) in [4.78, 5) is 22.6. The van der Waals surface area contributed by atoms with Crippen LogP contribution in [0.2, 0.25) is 0 Å². The largest absolute Gasteiger partial charge is 0.418 e. The monoisotopic (exact) mass is 402 g/mol. The van der Waals surface area contributed by atoms with E-state index >= 15 is 0 Å². The van der Waals surface area contributed by atoms with Crippen LogP contribution in [-0.2, 0) is 14.8 Å². The molecule has 0 N–H and O–H groups in total. The number of halogens is 1. The smallest absolute Gasteiger partial charge is 0.332 e. The fourth-order valence-electron chi connectivity index (χ4n) is 3.12. The van der Waals surface area contributed by atoms with Crippen molar-refractivity contribution >= 4 is 38.1 Å². The van der Waals surface area contributed by atoms with Crippen LogP contribution in [0.1, 0.15) is 0 Å². The van der Waals surface area contributed by atoms with Gasteiger partial charge < -0.3 is 4.74 Å². The summed E-state index contributed by atoms with van der Waals surface area (Å²) in [6, 6.07) is 12.1. The Hall–Kier alpha value is -3.53. The molecular formula is C18H11FN2O6S. The van der Waals surface area contributed by atoms with Gasteiger partial charge >= 0.3 is 11.7 Å². The maximum Gasteiger partial charge on any atom is 0.332 e. The maximum absolute atomic E-state index is 13.4. The number of rotatable bonds is 4. The van der Waals surface area contributed by atoms with E-state index in [1.807, 2.05) is 0 Å². The first-order chi connectivity index (χ1) is 13.3. The Bertz CT molecular complexity index is 1250. The lowest BCUT2D eigenvalue weighted by atomic mass is 10.1. The molecule has 0 atom stereocenters. The van der Waals surface area contributed by atoms with Crippen LogP contribution in [0.3, 0.4) is 0 Å². The van der Waals surface area contributed by atoms with Gasteiger partial charge in [0.2, 0.25) is 5.75 Å². The number of ether oxygens (including phenoxy) is 1. The Morgan fingerprint density at radius 2 is 1.86 bits per heavy atom. The van der Waals surface area contributed by atoms with Gasteiger partial charge in [0.05, 0.1) is 15.5 Å². The van der Waals surface area contributed by atoms with Crippen molar-refractivity contribution in [3.05, 3.63) is 70.5 Å². The highest BCUT2D eigenvalue weighted by Crippen LogP contribution is 2.41. The summed E-state index contributed by atoms with van der Waals surface area (Å²) in [5.41, 5.74) is -0.303. The highest BCUT2D eigenvalue weighted by molar-refractivity contribution is 7.93. The van der Waals surface area contributed by atoms with E-state index in [2.05, 4.69) is 0 Å². The average Bonchev–Trinajstić information content (AvgIpc) is 2.85. The molecule has 0 amide bonds. The number of nitro benzene ring substituents is 1. The van der Waals surface area contributed by atoms with Crippen molar-refractivity contribution in [3.8, 4) is 5.75 Å². The van der Waals surface area contributed by atoms with E-state index in [1.165, 1.54) is 6.07 Å². The molecule has 28 heavy (non-hydrogen) atoms. The van der Waals surface area contributed by atoms with Crippen LogP contribution in [0.25, 0.3) is 10.8 Å². The Labute approximate surface area is 158 Å². The summed E-state index contributed by atoms with van der Waals surface area (Å²) >= 11 is 0. The quantitative estimate of drug-likeness (QED) is 0.287. The third-order valence-electron chi connectivity index (χ3n) is 4.30. The molecule has 0 saturated carbocycles. The fourth-order valence-corrected chi connectivity index (χ4v) is 4.78. The zero-order chi connectivity index (χ0) is 20.1. The number of carbonyl (C=O) groups excluding carboxylic acids is 1. The lowest BCUT2D eigenvalue weighted by Crippen LogP contribution is -2.34. The zero-order valence-corrected chi connectivity index (χ0v) is 14.8. The minimum absolute atomic E-state index is 0.0603. The van der Waals surface area contributed by atoms with Gasteiger partial charge in [0.1, 0.15) is 12.4 Å². The maximum atomic E-state index is 13.4. The highest BCUT2D eigenvalue weighted by Gasteiger charge is 2.37. The molecule has 4 rings (SSSR count). The molecule has 142 valence electrons. The molecule has 3 aromatic carbocycles. The molecule has 0 bridgehead atoms. The van der Waals surface area contributed by atoms with E-state index < -0.39 is 44.7 Å². The summed E-state index contributed by atoms with van der Waals surface area (Å²) in [6.45, 7) is -0.718. The molecule has 0 saturated heterocycles. The van der Waals surface area contributed by atoms with E-state index in [0.29, 0.717) is 22.5 Å². The van der Waals surface area contributed by atoms with E-state index in [0.717, 1.165) is 16.4 Å². The van der Waals surface area contributed by atoms with Gasteiger partial charge in [0, 0.05) is 17.5 Å². The molecule has 1 heterocycles. The molecule has 0 radical (unpaired) electrons. The van der Waals surface area contributed by atoms with Gasteiger partial charge in [-0.3, -0.25) is 14.4 Å². The lowest BCUT2D eigenvalue weighted by molar-refractivity contribution is -0.385. The molecule has 1 aliphatic heterocycles. The number of nitro groups is 1. The Morgan fingerprint density at radius 3 is 2.57 bits per heavy atom. The predicted molar refractivity (Wildman–Crippen MR) is 97.2 cm³/mol. The van der Waals surface area contributed by atoms with Crippen molar-refractivity contribution < 1.29 is 27.3 Å². The number of hydrogen-bond donors (Lipinski definition) is 0. The molecule has 3 aromatic rings. The second kappa shape index (κ2) is 6.27. The van der Waals surface area contributed by atoms with E-state index in [1.54, 1.807) is 30.3 Å². The fraction of sp³-hybridized carbons (Fsp3) is 0.0556. The molecule has 1 aliphatic rings. The summed E-state index contributed by atoms with van der Waals surface area (Å²) < 4.78 is 44.8. The molecule has 0 fully saturated rings. The van der Waals surface area contributed by atoms with Crippen molar-refractivity contribution in [3.63, 3.8) is 0 Å². The standard InChI is InChI=1S/C18H11FN2O6S/c19-12-7-8-13(21(23)24)15(9-12)27-17(22)10-20-14-5-1-3-11-4-2-6-16(18(11)14)28(20,25)26/h1-9H,10H2. The SMILES string of the molecule is O=C(CN1c2cccc3cccc(c23)S1(=O)=O)Oc1cc(F)ccc1[N+](=O)[O-]. The van der Waals surface area contributed by atoms with Gasteiger partial charge in [0.15, 0.2) is 0 Å². The van der Waals surface area contributed by atoms with E-state index in [9.17, 15) is 27.7 Å². The molecular weight excluding hydrogens is 391 g/mol. The molecule has 10 heteroatoms. The number of anilines is 1. The molecule has 0 aromatic heterocycles. The Balaban J connectivity index is 1.68. The first-order valence-electron chi connectivity index (χ1n) is 7.98. The summed E-state index contributed by atoms with van der Waals surface area (Å²) in [5.74, 6) is -2.51. The summed E-state index contributed by atoms with van der Waals surface area (Å²) in [7, 11) is -4.00. The number of benzene rings is 3. The van der Waals surface area contributed by atoms with Gasteiger partial charge in [-0.05, 0) is 23.6 Å². The van der Waals surface area contributed by atoms with Crippen LogP contribution in [0.5, 0.6) is 5.75 Å². The normalized spacial score (nSPS) is 14.2. The van der Waals surface area contributed by atoms with E-state index in [-0.39, 0.29) is 4.90 Å². The average molecular weight is 402 g/mol. The van der Waals surface area contributed by atoms with Crippen molar-refractivity contribution in [2.24, 2.45) is 0 Å². The van der Waals surface area contributed by atoms with Crippen LogP contribution in [0.15, 0.2) is 59.5 Å². The molecule has 0 unspecified atom stereocenters. The Morgan fingerprint density at radius 1 is 1.14 bits per heavy atom. The first-order valence-corrected chi connectivity index (χ1v) is 9.42. The zero-order valence-electron chi connectivity index (χ0n) is 14.0. The van der Waals surface area contributed by atoms with Gasteiger partial charge in [-0.1, -0.05) is 24.3 Å². The minimum atomic E-state index is -4.00. The first kappa shape index (κ1) is 17.9. The number of carbonyl (C=O) groups is 1. The summed E-state index contributed by atoms with van der Waals surface area (Å²) in [6.07, 6.45) is 0. The third kappa shape index (κ3) is 2.74. The van der Waals surface area contributed by atoms with Crippen LogP contribution in [0.4, 0.5) is 15.8 Å². The van der Waals surface area contributed by atoms with Crippen LogP contribution >= 0.6 is 0 Å². The van der Waals surface area contributed by atoms with E-state index in [4.69, 9.17) is 4.74 Å². The van der Waals surface area contributed by atoms with Crippen LogP contribution in [0, 0.1) is 15.9 Å². The van der Waals surface area contributed by atoms with Crippen molar-refractivity contribution in [2.75, 3.05) is 10.8 Å². The number of hydrogen-bond acceptors (Lipinski definition) is 6. The predicted octanol–water partition coefficient (Wildman–Crippen LogP) is 3.00. The van der Waals surface area contributed by atoms with Crippen molar-refractivity contribution in [2.45, 2.75) is 4.90 Å². The number of sulfonamides is 1. The van der Waals surface area contributed by atoms with Gasteiger partial charge in [-0.2, -0.15) is 0 Å². The van der Waals surface area contributed by atoms with Gasteiger partial charge in [0.25, 0.3) is 10.0 Å². The van der Waals surface area contributed by atoms with Gasteiger partial charge in [-0.15, -0.1) is 0 Å². The van der Waals surface area contributed by atoms with Crippen LogP contribution < -0.4 is 9.04 Å². The Kier molecular flexibility index (Phi) is 4.00. The highest BCUT2D eigenvalue weighted by atomic mass is 32.2.